The number of aromatic nitrogens is 3. The summed E-state index contributed by atoms with van der Waals surface area (Å²) in [6.45, 7) is 5.49. The van der Waals surface area contributed by atoms with Crippen molar-refractivity contribution in [1.82, 2.24) is 18.9 Å². The Labute approximate surface area is 203 Å². The van der Waals surface area contributed by atoms with Gasteiger partial charge in [0.05, 0.1) is 13.3 Å². The first kappa shape index (κ1) is 23.3. The second-order valence-corrected chi connectivity index (χ2v) is 10.5. The van der Waals surface area contributed by atoms with Crippen LogP contribution in [0.5, 0.6) is 5.75 Å². The Morgan fingerprint density at radius 2 is 1.69 bits per heavy atom. The fourth-order valence-electron chi connectivity index (χ4n) is 4.50. The Bertz CT molecular complexity index is 1490. The molecule has 0 radical (unpaired) electrons. The molecule has 0 N–H and O–H groups in total. The van der Waals surface area contributed by atoms with Gasteiger partial charge >= 0.3 is 0 Å². The molecule has 0 aliphatic carbocycles. The van der Waals surface area contributed by atoms with Crippen LogP contribution in [-0.4, -0.2) is 60.6 Å². The highest BCUT2D eigenvalue weighted by atomic mass is 32.2. The lowest BCUT2D eigenvalue weighted by Gasteiger charge is -2.35. The van der Waals surface area contributed by atoms with Crippen LogP contribution in [0.15, 0.2) is 59.6 Å². The van der Waals surface area contributed by atoms with Crippen LogP contribution >= 0.6 is 0 Å². The van der Waals surface area contributed by atoms with Crippen LogP contribution in [0, 0.1) is 19.7 Å². The van der Waals surface area contributed by atoms with Gasteiger partial charge in [-0.2, -0.15) is 9.40 Å². The number of anilines is 1. The van der Waals surface area contributed by atoms with E-state index >= 15 is 0 Å². The summed E-state index contributed by atoms with van der Waals surface area (Å²) in [6, 6.07) is 13.3. The Balaban J connectivity index is 1.46. The molecule has 0 spiro atoms. The van der Waals surface area contributed by atoms with Crippen LogP contribution < -0.4 is 9.64 Å². The minimum Gasteiger partial charge on any atom is -0.495 e. The van der Waals surface area contributed by atoms with Gasteiger partial charge in [0.15, 0.2) is 5.65 Å². The van der Waals surface area contributed by atoms with Crippen molar-refractivity contribution >= 4 is 21.4 Å². The van der Waals surface area contributed by atoms with E-state index in [4.69, 9.17) is 4.74 Å². The third-order valence-corrected chi connectivity index (χ3v) is 8.22. The van der Waals surface area contributed by atoms with Crippen molar-refractivity contribution in [1.29, 1.82) is 0 Å². The first-order valence-electron chi connectivity index (χ1n) is 11.3. The summed E-state index contributed by atoms with van der Waals surface area (Å²) in [4.78, 5) is 6.78. The summed E-state index contributed by atoms with van der Waals surface area (Å²) in [5.74, 6) is -0.0137. The summed E-state index contributed by atoms with van der Waals surface area (Å²) in [6.07, 6.45) is 1.70. The summed E-state index contributed by atoms with van der Waals surface area (Å²) in [5, 5.41) is 4.44. The summed E-state index contributed by atoms with van der Waals surface area (Å²) in [5.41, 5.74) is 4.79. The monoisotopic (exact) mass is 495 g/mol. The highest BCUT2D eigenvalue weighted by Gasteiger charge is 2.31. The molecule has 0 amide bonds. The smallest absolute Gasteiger partial charge is 0.246 e. The van der Waals surface area contributed by atoms with Crippen molar-refractivity contribution in [3.05, 3.63) is 71.9 Å². The van der Waals surface area contributed by atoms with Crippen molar-refractivity contribution in [2.45, 2.75) is 18.7 Å². The molecule has 1 fully saturated rings. The van der Waals surface area contributed by atoms with Gasteiger partial charge in [0.25, 0.3) is 0 Å². The van der Waals surface area contributed by atoms with E-state index in [0.29, 0.717) is 37.4 Å². The number of nitrogens with zero attached hydrogens (tertiary/aromatic N) is 5. The molecule has 1 aliphatic rings. The third-order valence-electron chi connectivity index (χ3n) is 6.30. The summed E-state index contributed by atoms with van der Waals surface area (Å²) >= 11 is 0. The fraction of sp³-hybridized carbons (Fsp3) is 0.280. The molecule has 182 valence electrons. The summed E-state index contributed by atoms with van der Waals surface area (Å²) < 4.78 is 49.3. The lowest BCUT2D eigenvalue weighted by molar-refractivity contribution is 0.374. The van der Waals surface area contributed by atoms with Gasteiger partial charge in [0.2, 0.25) is 10.0 Å². The van der Waals surface area contributed by atoms with Crippen molar-refractivity contribution in [3.8, 4) is 16.9 Å². The molecule has 1 saturated heterocycles. The van der Waals surface area contributed by atoms with E-state index in [1.165, 1.54) is 23.5 Å². The minimum absolute atomic E-state index is 0.108. The zero-order valence-electron chi connectivity index (χ0n) is 19.8. The standard InChI is InChI=1S/C25H26FN5O3S/c1-17-14-18(2)31-25(28-17)22(16-27-31)19-4-9-23(34-3)24(15-19)35(32,33)30-12-10-29(11-13-30)21-7-5-20(26)6-8-21/h4-9,14-16H,10-13H2,1-3H3. The van der Waals surface area contributed by atoms with Gasteiger partial charge in [0, 0.05) is 48.8 Å². The van der Waals surface area contributed by atoms with Crippen LogP contribution in [0.3, 0.4) is 0 Å². The predicted molar refractivity (Wildman–Crippen MR) is 132 cm³/mol. The summed E-state index contributed by atoms with van der Waals surface area (Å²) in [7, 11) is -2.36. The number of benzene rings is 2. The molecule has 2 aromatic carbocycles. The Morgan fingerprint density at radius 3 is 2.37 bits per heavy atom. The second-order valence-electron chi connectivity index (χ2n) is 8.57. The van der Waals surface area contributed by atoms with Crippen LogP contribution in [0.2, 0.25) is 0 Å². The SMILES string of the molecule is COc1ccc(-c2cnn3c(C)cc(C)nc23)cc1S(=O)(=O)N1CCN(c2ccc(F)cc2)CC1. The van der Waals surface area contributed by atoms with Crippen LogP contribution in [0.4, 0.5) is 10.1 Å². The molecule has 35 heavy (non-hydrogen) atoms. The van der Waals surface area contributed by atoms with Crippen molar-refractivity contribution in [2.24, 2.45) is 0 Å². The molecular weight excluding hydrogens is 469 g/mol. The van der Waals surface area contributed by atoms with E-state index in [2.05, 4.69) is 15.0 Å². The number of rotatable bonds is 5. The first-order chi connectivity index (χ1) is 16.8. The number of halogens is 1. The quantitative estimate of drug-likeness (QED) is 0.420. The predicted octanol–water partition coefficient (Wildman–Crippen LogP) is 3.67. The highest BCUT2D eigenvalue weighted by molar-refractivity contribution is 7.89. The number of hydrogen-bond acceptors (Lipinski definition) is 6. The molecule has 4 aromatic rings. The van der Waals surface area contributed by atoms with Crippen molar-refractivity contribution in [3.63, 3.8) is 0 Å². The van der Waals surface area contributed by atoms with Gasteiger partial charge in [-0.3, -0.25) is 0 Å². The molecule has 0 atom stereocenters. The number of ether oxygens (including phenoxy) is 1. The maximum absolute atomic E-state index is 13.7. The normalized spacial score (nSPS) is 15.0. The number of methoxy groups -OCH3 is 1. The number of hydrogen-bond donors (Lipinski definition) is 0. The Kier molecular flexibility index (Phi) is 5.94. The van der Waals surface area contributed by atoms with E-state index in [1.807, 2.05) is 26.0 Å². The molecule has 0 bridgehead atoms. The molecule has 2 aromatic heterocycles. The largest absolute Gasteiger partial charge is 0.495 e. The van der Waals surface area contributed by atoms with Gasteiger partial charge in [-0.1, -0.05) is 6.07 Å². The lowest BCUT2D eigenvalue weighted by Crippen LogP contribution is -2.48. The maximum atomic E-state index is 13.7. The van der Waals surface area contributed by atoms with E-state index < -0.39 is 10.0 Å². The molecule has 0 unspecified atom stereocenters. The van der Waals surface area contributed by atoms with E-state index in [1.54, 1.807) is 35.0 Å². The number of piperazine rings is 1. The molecule has 3 heterocycles. The Hall–Kier alpha value is -3.50. The Morgan fingerprint density at radius 1 is 0.971 bits per heavy atom. The number of sulfonamides is 1. The average molecular weight is 496 g/mol. The second kappa shape index (κ2) is 8.94. The van der Waals surface area contributed by atoms with E-state index in [-0.39, 0.29) is 16.5 Å². The third kappa shape index (κ3) is 4.23. The van der Waals surface area contributed by atoms with Gasteiger partial charge in [0.1, 0.15) is 16.5 Å². The molecule has 5 rings (SSSR count). The van der Waals surface area contributed by atoms with Gasteiger partial charge < -0.3 is 9.64 Å². The van der Waals surface area contributed by atoms with Gasteiger partial charge in [-0.05, 0) is 61.9 Å². The zero-order valence-corrected chi connectivity index (χ0v) is 20.6. The molecule has 8 nitrogen and oxygen atoms in total. The molecule has 1 aliphatic heterocycles. The van der Waals surface area contributed by atoms with E-state index in [0.717, 1.165) is 22.6 Å². The lowest BCUT2D eigenvalue weighted by atomic mass is 10.1. The maximum Gasteiger partial charge on any atom is 0.246 e. The van der Waals surface area contributed by atoms with Crippen LogP contribution in [0.25, 0.3) is 16.8 Å². The fourth-order valence-corrected chi connectivity index (χ4v) is 6.10. The first-order valence-corrected chi connectivity index (χ1v) is 12.7. The van der Waals surface area contributed by atoms with Crippen LogP contribution in [0.1, 0.15) is 11.4 Å². The highest BCUT2D eigenvalue weighted by Crippen LogP contribution is 2.34. The van der Waals surface area contributed by atoms with Crippen molar-refractivity contribution in [2.75, 3.05) is 38.2 Å². The molecule has 10 heteroatoms. The molecule has 0 saturated carbocycles. The van der Waals surface area contributed by atoms with Gasteiger partial charge in [-0.25, -0.2) is 22.3 Å². The zero-order chi connectivity index (χ0) is 24.7. The number of fused-ring (bicyclic) bond motifs is 1. The van der Waals surface area contributed by atoms with E-state index in [9.17, 15) is 12.8 Å². The molecular formula is C25H26FN5O3S. The van der Waals surface area contributed by atoms with Crippen molar-refractivity contribution < 1.29 is 17.5 Å². The average Bonchev–Trinajstić information content (AvgIpc) is 3.28. The topological polar surface area (TPSA) is 80.0 Å². The number of aryl methyl sites for hydroxylation is 2. The van der Waals surface area contributed by atoms with Gasteiger partial charge in [-0.15, -0.1) is 0 Å². The minimum atomic E-state index is -3.83. The van der Waals surface area contributed by atoms with Crippen LogP contribution in [-0.2, 0) is 10.0 Å².